The van der Waals surface area contributed by atoms with Crippen molar-refractivity contribution in [1.29, 1.82) is 0 Å². The second-order valence-electron chi connectivity index (χ2n) is 6.00. The number of halogens is 2. The summed E-state index contributed by atoms with van der Waals surface area (Å²) in [6, 6.07) is 3.24. The third kappa shape index (κ3) is 3.03. The molecule has 4 heteroatoms. The number of rotatable bonds is 4. The zero-order valence-electron chi connectivity index (χ0n) is 12.4. The normalized spacial score (nSPS) is 16.5. The number of hydrogen-bond donors (Lipinski definition) is 0. The quantitative estimate of drug-likeness (QED) is 0.745. The predicted molar refractivity (Wildman–Crippen MR) is 84.6 cm³/mol. The highest BCUT2D eigenvalue weighted by atomic mass is 35.5. The van der Waals surface area contributed by atoms with Crippen molar-refractivity contribution in [3.63, 3.8) is 0 Å². The van der Waals surface area contributed by atoms with E-state index in [1.807, 2.05) is 23.9 Å². The summed E-state index contributed by atoms with van der Waals surface area (Å²) in [5, 5.41) is 0.886. The molecule has 1 fully saturated rings. The molecule has 1 aliphatic rings. The Balaban J connectivity index is 1.74. The van der Waals surface area contributed by atoms with Gasteiger partial charge in [-0.05, 0) is 18.4 Å². The van der Waals surface area contributed by atoms with Crippen molar-refractivity contribution in [2.24, 2.45) is 13.0 Å². The van der Waals surface area contributed by atoms with Crippen LogP contribution in [0.2, 0.25) is 5.02 Å². The van der Waals surface area contributed by atoms with Crippen molar-refractivity contribution in [1.82, 2.24) is 4.57 Å². The first kappa shape index (κ1) is 14.7. The molecule has 2 nitrogen and oxygen atoms in total. The lowest BCUT2D eigenvalue weighted by atomic mass is 9.87. The topological polar surface area (TPSA) is 14.2 Å². The Labute approximate surface area is 129 Å². The summed E-state index contributed by atoms with van der Waals surface area (Å²) >= 11 is 6.02. The SMILES string of the molecule is Cn1ccc2c(Cl)c(F)cc(OCCC3CCCCC3)c21. The van der Waals surface area contributed by atoms with E-state index in [4.69, 9.17) is 16.3 Å². The molecule has 0 radical (unpaired) electrons. The average molecular weight is 310 g/mol. The van der Waals surface area contributed by atoms with E-state index in [1.54, 1.807) is 0 Å². The summed E-state index contributed by atoms with van der Waals surface area (Å²) in [5.74, 6) is 0.943. The van der Waals surface area contributed by atoms with Crippen LogP contribution in [0.4, 0.5) is 4.39 Å². The van der Waals surface area contributed by atoms with Crippen molar-refractivity contribution < 1.29 is 9.13 Å². The Morgan fingerprint density at radius 2 is 2.10 bits per heavy atom. The molecule has 0 unspecified atom stereocenters. The molecule has 21 heavy (non-hydrogen) atoms. The fourth-order valence-electron chi connectivity index (χ4n) is 3.31. The van der Waals surface area contributed by atoms with Gasteiger partial charge in [-0.2, -0.15) is 0 Å². The highest BCUT2D eigenvalue weighted by Crippen LogP contribution is 2.35. The van der Waals surface area contributed by atoms with Crippen LogP contribution in [-0.4, -0.2) is 11.2 Å². The lowest BCUT2D eigenvalue weighted by Crippen LogP contribution is -2.11. The van der Waals surface area contributed by atoms with Crippen LogP contribution in [0.5, 0.6) is 5.75 Å². The van der Waals surface area contributed by atoms with E-state index in [-0.39, 0.29) is 5.02 Å². The van der Waals surface area contributed by atoms with Gasteiger partial charge in [0.1, 0.15) is 11.6 Å². The van der Waals surface area contributed by atoms with Gasteiger partial charge in [0, 0.05) is 24.7 Å². The molecule has 1 aromatic heterocycles. The molecule has 0 N–H and O–H groups in total. The second-order valence-corrected chi connectivity index (χ2v) is 6.38. The minimum Gasteiger partial charge on any atom is -0.491 e. The molecule has 1 saturated carbocycles. The van der Waals surface area contributed by atoms with E-state index in [0.717, 1.165) is 17.9 Å². The van der Waals surface area contributed by atoms with E-state index < -0.39 is 5.82 Å². The Hall–Kier alpha value is -1.22. The molecule has 0 spiro atoms. The summed E-state index contributed by atoms with van der Waals surface area (Å²) in [7, 11) is 1.92. The molecule has 0 bridgehead atoms. The number of nitrogens with zero attached hydrogens (tertiary/aromatic N) is 1. The maximum Gasteiger partial charge on any atom is 0.146 e. The summed E-state index contributed by atoms with van der Waals surface area (Å²) < 4.78 is 21.7. The molecule has 1 aromatic carbocycles. The molecule has 0 atom stereocenters. The van der Waals surface area contributed by atoms with Gasteiger partial charge in [-0.1, -0.05) is 43.7 Å². The highest BCUT2D eigenvalue weighted by Gasteiger charge is 2.16. The Bertz CT molecular complexity index is 631. The first-order valence-corrected chi connectivity index (χ1v) is 8.10. The fourth-order valence-corrected chi connectivity index (χ4v) is 3.52. The summed E-state index contributed by atoms with van der Waals surface area (Å²) in [6.45, 7) is 0.645. The zero-order chi connectivity index (χ0) is 14.8. The standard InChI is InChI=1S/C17H21ClFNO/c1-20-9-7-13-16(18)14(19)11-15(17(13)20)21-10-8-12-5-3-2-4-6-12/h7,9,11-12H,2-6,8,10H2,1H3. The van der Waals surface area contributed by atoms with Gasteiger partial charge in [0.05, 0.1) is 17.1 Å². The van der Waals surface area contributed by atoms with Crippen molar-refractivity contribution in [3.05, 3.63) is 29.2 Å². The van der Waals surface area contributed by atoms with E-state index in [2.05, 4.69) is 0 Å². The summed E-state index contributed by atoms with van der Waals surface area (Å²) in [6.07, 6.45) is 9.57. The van der Waals surface area contributed by atoms with Gasteiger partial charge in [-0.25, -0.2) is 4.39 Å². The van der Waals surface area contributed by atoms with E-state index in [9.17, 15) is 4.39 Å². The number of ether oxygens (including phenoxy) is 1. The van der Waals surface area contributed by atoms with Gasteiger partial charge in [0.25, 0.3) is 0 Å². The monoisotopic (exact) mass is 309 g/mol. The summed E-state index contributed by atoms with van der Waals surface area (Å²) in [5.41, 5.74) is 0.866. The van der Waals surface area contributed by atoms with Gasteiger partial charge in [0.15, 0.2) is 0 Å². The highest BCUT2D eigenvalue weighted by molar-refractivity contribution is 6.35. The first-order chi connectivity index (χ1) is 10.2. The maximum atomic E-state index is 13.9. The predicted octanol–water partition coefficient (Wildman–Crippen LogP) is 5.32. The number of fused-ring (bicyclic) bond motifs is 1. The van der Waals surface area contributed by atoms with Crippen molar-refractivity contribution >= 4 is 22.5 Å². The van der Waals surface area contributed by atoms with E-state index in [1.165, 1.54) is 38.2 Å². The van der Waals surface area contributed by atoms with E-state index in [0.29, 0.717) is 17.7 Å². The zero-order valence-corrected chi connectivity index (χ0v) is 13.1. The lowest BCUT2D eigenvalue weighted by molar-refractivity contribution is 0.247. The third-order valence-corrected chi connectivity index (χ3v) is 4.90. The van der Waals surface area contributed by atoms with Gasteiger partial charge in [-0.3, -0.25) is 0 Å². The van der Waals surface area contributed by atoms with Crippen LogP contribution in [0.25, 0.3) is 10.9 Å². The molecule has 3 rings (SSSR count). The lowest BCUT2D eigenvalue weighted by Gasteiger charge is -2.21. The third-order valence-electron chi connectivity index (χ3n) is 4.52. The average Bonchev–Trinajstić information content (AvgIpc) is 2.88. The van der Waals surface area contributed by atoms with Crippen molar-refractivity contribution in [2.45, 2.75) is 38.5 Å². The van der Waals surface area contributed by atoms with E-state index >= 15 is 0 Å². The van der Waals surface area contributed by atoms with Gasteiger partial charge < -0.3 is 9.30 Å². The minimum absolute atomic E-state index is 0.172. The number of hydrogen-bond acceptors (Lipinski definition) is 1. The largest absolute Gasteiger partial charge is 0.491 e. The summed E-state index contributed by atoms with van der Waals surface area (Å²) in [4.78, 5) is 0. The Morgan fingerprint density at radius 1 is 1.33 bits per heavy atom. The minimum atomic E-state index is -0.414. The molecular formula is C17H21ClFNO. The maximum absolute atomic E-state index is 13.9. The van der Waals surface area contributed by atoms with Crippen LogP contribution < -0.4 is 4.74 Å². The molecular weight excluding hydrogens is 289 g/mol. The van der Waals surface area contributed by atoms with Crippen LogP contribution >= 0.6 is 11.6 Å². The fraction of sp³-hybridized carbons (Fsp3) is 0.529. The molecule has 2 aromatic rings. The van der Waals surface area contributed by atoms with Gasteiger partial charge >= 0.3 is 0 Å². The molecule has 0 aliphatic heterocycles. The van der Waals surface area contributed by atoms with Gasteiger partial charge in [0.2, 0.25) is 0 Å². The Morgan fingerprint density at radius 3 is 2.86 bits per heavy atom. The number of aromatic nitrogens is 1. The number of benzene rings is 1. The van der Waals surface area contributed by atoms with Crippen LogP contribution in [0.15, 0.2) is 18.3 Å². The van der Waals surface area contributed by atoms with Crippen molar-refractivity contribution in [3.8, 4) is 5.75 Å². The van der Waals surface area contributed by atoms with Crippen LogP contribution in [-0.2, 0) is 7.05 Å². The Kier molecular flexibility index (Phi) is 4.39. The molecule has 1 aliphatic carbocycles. The number of aryl methyl sites for hydroxylation is 1. The molecule has 114 valence electrons. The van der Waals surface area contributed by atoms with Crippen molar-refractivity contribution in [2.75, 3.05) is 6.61 Å². The second kappa shape index (κ2) is 6.27. The molecule has 1 heterocycles. The van der Waals surface area contributed by atoms with Gasteiger partial charge in [-0.15, -0.1) is 0 Å². The van der Waals surface area contributed by atoms with Crippen LogP contribution in [0, 0.1) is 11.7 Å². The van der Waals surface area contributed by atoms with Crippen LogP contribution in [0.3, 0.4) is 0 Å². The smallest absolute Gasteiger partial charge is 0.146 e. The first-order valence-electron chi connectivity index (χ1n) is 7.72. The molecule has 0 amide bonds. The molecule has 0 saturated heterocycles. The van der Waals surface area contributed by atoms with Crippen LogP contribution in [0.1, 0.15) is 38.5 Å².